The van der Waals surface area contributed by atoms with Crippen LogP contribution < -0.4 is 14.8 Å². The van der Waals surface area contributed by atoms with Gasteiger partial charge in [-0.05, 0) is 41.9 Å². The fraction of sp³-hybridized carbons (Fsp3) is 0.333. The maximum Gasteiger partial charge on any atom is 0.161 e. The third-order valence-electron chi connectivity index (χ3n) is 3.63. The second-order valence-corrected chi connectivity index (χ2v) is 5.62. The van der Waals surface area contributed by atoms with E-state index in [1.807, 2.05) is 13.1 Å². The van der Waals surface area contributed by atoms with Crippen LogP contribution in [-0.2, 0) is 6.54 Å². The molecule has 3 heteroatoms. The predicted molar refractivity (Wildman–Crippen MR) is 84.8 cm³/mol. The minimum absolute atomic E-state index is 0.416. The molecule has 0 saturated carbocycles. The van der Waals surface area contributed by atoms with Gasteiger partial charge in [0.15, 0.2) is 11.5 Å². The normalized spacial score (nSPS) is 17.3. The van der Waals surface area contributed by atoms with E-state index in [0.717, 1.165) is 23.6 Å². The summed E-state index contributed by atoms with van der Waals surface area (Å²) >= 11 is 0. The second kappa shape index (κ2) is 6.19. The summed E-state index contributed by atoms with van der Waals surface area (Å²) in [5, 5.41) is 3.18. The van der Waals surface area contributed by atoms with Gasteiger partial charge in [-0.3, -0.25) is 0 Å². The Kier molecular flexibility index (Phi) is 4.11. The Bertz CT molecular complexity index is 624. The molecular formula is C18H21NO2. The summed E-state index contributed by atoms with van der Waals surface area (Å²) in [6.07, 6.45) is 0. The van der Waals surface area contributed by atoms with E-state index in [1.165, 1.54) is 11.1 Å². The fourth-order valence-corrected chi connectivity index (χ4v) is 2.50. The zero-order chi connectivity index (χ0) is 14.7. The monoisotopic (exact) mass is 283 g/mol. The summed E-state index contributed by atoms with van der Waals surface area (Å²) in [4.78, 5) is 0. The molecule has 1 atom stereocenters. The summed E-state index contributed by atoms with van der Waals surface area (Å²) in [5.74, 6) is 2.10. The van der Waals surface area contributed by atoms with Crippen LogP contribution in [-0.4, -0.2) is 20.3 Å². The average Bonchev–Trinajstić information content (AvgIpc) is 2.70. The van der Waals surface area contributed by atoms with Crippen molar-refractivity contribution in [2.24, 2.45) is 5.92 Å². The lowest BCUT2D eigenvalue weighted by atomic mass is 10.0. The number of rotatable bonds is 3. The molecule has 0 saturated heterocycles. The molecule has 1 aliphatic rings. The van der Waals surface area contributed by atoms with Gasteiger partial charge in [-0.25, -0.2) is 0 Å². The lowest BCUT2D eigenvalue weighted by Crippen LogP contribution is -2.12. The minimum Gasteiger partial charge on any atom is -0.489 e. The summed E-state index contributed by atoms with van der Waals surface area (Å²) in [5.41, 5.74) is 3.63. The molecule has 2 aromatic rings. The van der Waals surface area contributed by atoms with Crippen molar-refractivity contribution in [2.45, 2.75) is 13.5 Å². The number of fused-ring (bicyclic) bond motifs is 1. The Morgan fingerprint density at radius 3 is 2.57 bits per heavy atom. The van der Waals surface area contributed by atoms with Crippen LogP contribution in [0.5, 0.6) is 11.5 Å². The van der Waals surface area contributed by atoms with Crippen LogP contribution in [0.4, 0.5) is 0 Å². The first kappa shape index (κ1) is 14.0. The first-order valence-electron chi connectivity index (χ1n) is 7.40. The van der Waals surface area contributed by atoms with E-state index in [4.69, 9.17) is 9.47 Å². The molecule has 21 heavy (non-hydrogen) atoms. The van der Waals surface area contributed by atoms with Gasteiger partial charge in [0.2, 0.25) is 0 Å². The maximum atomic E-state index is 5.86. The number of hydrogen-bond acceptors (Lipinski definition) is 3. The van der Waals surface area contributed by atoms with Crippen molar-refractivity contribution in [3.8, 4) is 22.6 Å². The van der Waals surface area contributed by atoms with Crippen molar-refractivity contribution in [3.63, 3.8) is 0 Å². The molecule has 1 heterocycles. The van der Waals surface area contributed by atoms with Gasteiger partial charge < -0.3 is 14.8 Å². The first-order chi connectivity index (χ1) is 10.3. The molecule has 0 amide bonds. The molecule has 0 aromatic heterocycles. The molecule has 0 fully saturated rings. The highest BCUT2D eigenvalue weighted by Crippen LogP contribution is 2.35. The van der Waals surface area contributed by atoms with Crippen molar-refractivity contribution in [2.75, 3.05) is 20.3 Å². The minimum atomic E-state index is 0.416. The van der Waals surface area contributed by atoms with E-state index in [0.29, 0.717) is 19.1 Å². The molecular weight excluding hydrogens is 262 g/mol. The Balaban J connectivity index is 1.91. The molecule has 0 bridgehead atoms. The zero-order valence-electron chi connectivity index (χ0n) is 12.6. The lowest BCUT2D eigenvalue weighted by molar-refractivity contribution is 0.228. The Morgan fingerprint density at radius 1 is 1.00 bits per heavy atom. The van der Waals surface area contributed by atoms with Gasteiger partial charge in [0.25, 0.3) is 0 Å². The number of nitrogens with one attached hydrogen (secondary N) is 1. The number of ether oxygens (including phenoxy) is 2. The van der Waals surface area contributed by atoms with E-state index in [9.17, 15) is 0 Å². The smallest absolute Gasteiger partial charge is 0.161 e. The third-order valence-corrected chi connectivity index (χ3v) is 3.63. The van der Waals surface area contributed by atoms with Crippen molar-refractivity contribution in [1.82, 2.24) is 5.32 Å². The van der Waals surface area contributed by atoms with E-state index in [2.05, 4.69) is 48.6 Å². The van der Waals surface area contributed by atoms with Crippen molar-refractivity contribution < 1.29 is 9.47 Å². The molecule has 3 rings (SSSR count). The van der Waals surface area contributed by atoms with Crippen LogP contribution in [0.3, 0.4) is 0 Å². The van der Waals surface area contributed by atoms with Gasteiger partial charge >= 0.3 is 0 Å². The molecule has 1 unspecified atom stereocenters. The maximum absolute atomic E-state index is 5.86. The summed E-state index contributed by atoms with van der Waals surface area (Å²) in [6, 6.07) is 14.7. The lowest BCUT2D eigenvalue weighted by Gasteiger charge is -2.10. The van der Waals surface area contributed by atoms with Gasteiger partial charge in [-0.15, -0.1) is 0 Å². The molecule has 110 valence electrons. The predicted octanol–water partition coefficient (Wildman–Crippen LogP) is 3.48. The average molecular weight is 283 g/mol. The summed E-state index contributed by atoms with van der Waals surface area (Å²) in [6.45, 7) is 4.42. The molecule has 0 aliphatic carbocycles. The van der Waals surface area contributed by atoms with E-state index >= 15 is 0 Å². The Labute approximate surface area is 125 Å². The van der Waals surface area contributed by atoms with Crippen LogP contribution in [0.15, 0.2) is 42.5 Å². The molecule has 0 radical (unpaired) electrons. The number of hydrogen-bond donors (Lipinski definition) is 1. The van der Waals surface area contributed by atoms with Gasteiger partial charge in [0.05, 0.1) is 13.2 Å². The van der Waals surface area contributed by atoms with E-state index in [-0.39, 0.29) is 0 Å². The van der Waals surface area contributed by atoms with Gasteiger partial charge in [0.1, 0.15) is 0 Å². The Hall–Kier alpha value is -2.00. The molecule has 3 nitrogen and oxygen atoms in total. The standard InChI is InChI=1S/C18H21NO2/c1-13-11-20-17-7-6-16(9-18(17)21-12-13)15-5-3-4-14(8-15)10-19-2/h3-9,13,19H,10-12H2,1-2H3. The SMILES string of the molecule is CNCc1cccc(-c2ccc3c(c2)OCC(C)CO3)c1. The Morgan fingerprint density at radius 2 is 1.76 bits per heavy atom. The highest BCUT2D eigenvalue weighted by atomic mass is 16.5. The number of benzene rings is 2. The van der Waals surface area contributed by atoms with Gasteiger partial charge in [-0.1, -0.05) is 31.2 Å². The van der Waals surface area contributed by atoms with E-state index < -0.39 is 0 Å². The summed E-state index contributed by atoms with van der Waals surface area (Å²) in [7, 11) is 1.96. The highest BCUT2D eigenvalue weighted by Gasteiger charge is 2.15. The van der Waals surface area contributed by atoms with E-state index in [1.54, 1.807) is 0 Å². The van der Waals surface area contributed by atoms with Crippen LogP contribution in [0.2, 0.25) is 0 Å². The molecule has 1 aliphatic heterocycles. The van der Waals surface area contributed by atoms with Gasteiger partial charge in [-0.2, -0.15) is 0 Å². The summed E-state index contributed by atoms with van der Waals surface area (Å²) < 4.78 is 11.6. The van der Waals surface area contributed by atoms with Crippen LogP contribution >= 0.6 is 0 Å². The molecule has 0 spiro atoms. The highest BCUT2D eigenvalue weighted by molar-refractivity contribution is 5.67. The van der Waals surface area contributed by atoms with Crippen LogP contribution in [0, 0.1) is 5.92 Å². The molecule has 2 aromatic carbocycles. The third kappa shape index (κ3) is 3.19. The fourth-order valence-electron chi connectivity index (χ4n) is 2.50. The van der Waals surface area contributed by atoms with Crippen LogP contribution in [0.1, 0.15) is 12.5 Å². The largest absolute Gasteiger partial charge is 0.489 e. The van der Waals surface area contributed by atoms with Crippen LogP contribution in [0.25, 0.3) is 11.1 Å². The van der Waals surface area contributed by atoms with Crippen molar-refractivity contribution in [1.29, 1.82) is 0 Å². The quantitative estimate of drug-likeness (QED) is 0.935. The molecule has 1 N–H and O–H groups in total. The zero-order valence-corrected chi connectivity index (χ0v) is 12.6. The van der Waals surface area contributed by atoms with Gasteiger partial charge in [0, 0.05) is 12.5 Å². The van der Waals surface area contributed by atoms with Crippen molar-refractivity contribution >= 4 is 0 Å². The second-order valence-electron chi connectivity index (χ2n) is 5.62. The first-order valence-corrected chi connectivity index (χ1v) is 7.40. The topological polar surface area (TPSA) is 30.5 Å². The van der Waals surface area contributed by atoms with Crippen molar-refractivity contribution in [3.05, 3.63) is 48.0 Å².